The van der Waals surface area contributed by atoms with Crippen molar-refractivity contribution in [3.63, 3.8) is 0 Å². The molecule has 1 unspecified atom stereocenters. The third-order valence-electron chi connectivity index (χ3n) is 3.38. The molecule has 1 aliphatic carbocycles. The van der Waals surface area contributed by atoms with Crippen LogP contribution in [0.4, 0.5) is 0 Å². The van der Waals surface area contributed by atoms with Crippen molar-refractivity contribution in [3.05, 3.63) is 0 Å². The molecule has 0 aromatic rings. The van der Waals surface area contributed by atoms with Crippen LogP contribution < -0.4 is 11.1 Å². The highest BCUT2D eigenvalue weighted by atomic mass is 16.5. The molecule has 1 aliphatic rings. The molecular formula is C11H21N3O3. The highest BCUT2D eigenvalue weighted by Crippen LogP contribution is 2.48. The molecule has 17 heavy (non-hydrogen) atoms. The maximum atomic E-state index is 11.7. The van der Waals surface area contributed by atoms with Crippen LogP contribution in [0.25, 0.3) is 0 Å². The van der Waals surface area contributed by atoms with Crippen molar-refractivity contribution in [2.24, 2.45) is 22.2 Å². The summed E-state index contributed by atoms with van der Waals surface area (Å²) in [7, 11) is 1.68. The third-order valence-corrected chi connectivity index (χ3v) is 3.38. The molecule has 6 heteroatoms. The quantitative estimate of drug-likeness (QED) is 0.259. The molecule has 1 atom stereocenters. The monoisotopic (exact) mass is 243 g/mol. The minimum atomic E-state index is -0.599. The second kappa shape index (κ2) is 5.86. The van der Waals surface area contributed by atoms with Crippen LogP contribution in [0.5, 0.6) is 0 Å². The summed E-state index contributed by atoms with van der Waals surface area (Å²) in [5, 5.41) is 14.2. The summed E-state index contributed by atoms with van der Waals surface area (Å²) in [6.07, 6.45) is 3.20. The van der Waals surface area contributed by atoms with E-state index in [1.54, 1.807) is 14.0 Å². The molecule has 1 rings (SSSR count). The molecule has 1 amide bonds. The summed E-state index contributed by atoms with van der Waals surface area (Å²) in [6, 6.07) is 0. The average molecular weight is 243 g/mol. The summed E-state index contributed by atoms with van der Waals surface area (Å²) in [6.45, 7) is 2.96. The van der Waals surface area contributed by atoms with E-state index in [1.807, 2.05) is 0 Å². The first kappa shape index (κ1) is 13.8. The van der Waals surface area contributed by atoms with Crippen LogP contribution in [-0.2, 0) is 9.53 Å². The number of nitrogens with zero attached hydrogens (tertiary/aromatic N) is 1. The Hall–Kier alpha value is -1.30. The van der Waals surface area contributed by atoms with Gasteiger partial charge in [-0.25, -0.2) is 0 Å². The minimum absolute atomic E-state index is 0.0655. The highest BCUT2D eigenvalue weighted by Gasteiger charge is 2.42. The second-order valence-corrected chi connectivity index (χ2v) is 4.71. The Bertz CT molecular complexity index is 300. The van der Waals surface area contributed by atoms with E-state index < -0.39 is 5.92 Å². The molecule has 0 aromatic heterocycles. The number of carbonyl (C=O) groups excluding carboxylic acids is 1. The van der Waals surface area contributed by atoms with Gasteiger partial charge in [0.15, 0.2) is 5.84 Å². The minimum Gasteiger partial charge on any atom is -0.409 e. The summed E-state index contributed by atoms with van der Waals surface area (Å²) in [5.41, 5.74) is 5.58. The average Bonchev–Trinajstić information content (AvgIpc) is 3.12. The topological polar surface area (TPSA) is 96.9 Å². The van der Waals surface area contributed by atoms with E-state index in [0.717, 1.165) is 19.3 Å². The molecule has 0 spiro atoms. The van der Waals surface area contributed by atoms with Gasteiger partial charge in [-0.15, -0.1) is 0 Å². The number of amides is 1. The van der Waals surface area contributed by atoms with Crippen molar-refractivity contribution < 1.29 is 14.7 Å². The molecule has 4 N–H and O–H groups in total. The molecule has 0 bridgehead atoms. The summed E-state index contributed by atoms with van der Waals surface area (Å²) in [5.74, 6) is -0.869. The zero-order valence-corrected chi connectivity index (χ0v) is 10.4. The summed E-state index contributed by atoms with van der Waals surface area (Å²) < 4.78 is 5.04. The van der Waals surface area contributed by atoms with E-state index in [4.69, 9.17) is 15.7 Å². The summed E-state index contributed by atoms with van der Waals surface area (Å²) in [4.78, 5) is 11.7. The van der Waals surface area contributed by atoms with Gasteiger partial charge < -0.3 is 21.0 Å². The molecule has 0 radical (unpaired) electrons. The lowest BCUT2D eigenvalue weighted by atomic mass is 10.0. The molecular weight excluding hydrogens is 222 g/mol. The predicted octanol–water partition coefficient (Wildman–Crippen LogP) is 0.302. The van der Waals surface area contributed by atoms with Crippen LogP contribution >= 0.6 is 0 Å². The van der Waals surface area contributed by atoms with Crippen LogP contribution in [-0.4, -0.2) is 37.2 Å². The van der Waals surface area contributed by atoms with Crippen molar-refractivity contribution in [2.75, 3.05) is 20.3 Å². The lowest BCUT2D eigenvalue weighted by molar-refractivity contribution is -0.123. The molecule has 1 saturated carbocycles. The van der Waals surface area contributed by atoms with E-state index >= 15 is 0 Å². The fraction of sp³-hybridized carbons (Fsp3) is 0.818. The van der Waals surface area contributed by atoms with Gasteiger partial charge in [-0.1, -0.05) is 5.16 Å². The highest BCUT2D eigenvalue weighted by molar-refractivity contribution is 6.01. The normalized spacial score (nSPS) is 19.8. The van der Waals surface area contributed by atoms with Crippen LogP contribution in [0.3, 0.4) is 0 Å². The van der Waals surface area contributed by atoms with Crippen molar-refractivity contribution in [3.8, 4) is 0 Å². The van der Waals surface area contributed by atoms with E-state index in [2.05, 4.69) is 10.5 Å². The first-order valence-corrected chi connectivity index (χ1v) is 5.79. The van der Waals surface area contributed by atoms with Crippen molar-refractivity contribution in [2.45, 2.75) is 26.2 Å². The van der Waals surface area contributed by atoms with Crippen molar-refractivity contribution >= 4 is 11.7 Å². The lowest BCUT2D eigenvalue weighted by Crippen LogP contribution is -2.39. The molecule has 6 nitrogen and oxygen atoms in total. The Labute approximate surface area is 101 Å². The molecule has 0 heterocycles. The first-order chi connectivity index (χ1) is 8.04. The number of methoxy groups -OCH3 is 1. The fourth-order valence-corrected chi connectivity index (χ4v) is 1.66. The molecule has 98 valence electrons. The zero-order chi connectivity index (χ0) is 12.9. The smallest absolute Gasteiger partial charge is 0.230 e. The zero-order valence-electron chi connectivity index (χ0n) is 10.4. The van der Waals surface area contributed by atoms with E-state index in [1.165, 1.54) is 0 Å². The van der Waals surface area contributed by atoms with Gasteiger partial charge in [-0.2, -0.15) is 0 Å². The maximum absolute atomic E-state index is 11.7. The number of rotatable bonds is 7. The van der Waals surface area contributed by atoms with Gasteiger partial charge in [0.25, 0.3) is 0 Å². The van der Waals surface area contributed by atoms with Crippen molar-refractivity contribution in [1.82, 2.24) is 5.32 Å². The SMILES string of the molecule is COCCC1(CNC(=O)C(C)C(N)=NO)CC1. The predicted molar refractivity (Wildman–Crippen MR) is 63.7 cm³/mol. The van der Waals surface area contributed by atoms with Crippen LogP contribution in [0.1, 0.15) is 26.2 Å². The van der Waals surface area contributed by atoms with Gasteiger partial charge in [0.1, 0.15) is 0 Å². The van der Waals surface area contributed by atoms with Gasteiger partial charge in [-0.05, 0) is 31.6 Å². The number of oxime groups is 1. The molecule has 0 saturated heterocycles. The van der Waals surface area contributed by atoms with Gasteiger partial charge in [0.05, 0.1) is 5.92 Å². The third kappa shape index (κ3) is 3.89. The van der Waals surface area contributed by atoms with Crippen molar-refractivity contribution in [1.29, 1.82) is 0 Å². The standard InChI is InChI=1S/C11H21N3O3/c1-8(9(12)14-16)10(15)13-7-11(3-4-11)5-6-17-2/h8,16H,3-7H2,1-2H3,(H2,12,14)(H,13,15). The van der Waals surface area contributed by atoms with E-state index in [0.29, 0.717) is 13.2 Å². The number of carbonyl (C=O) groups is 1. The van der Waals surface area contributed by atoms with E-state index in [9.17, 15) is 4.79 Å². The molecule has 1 fully saturated rings. The largest absolute Gasteiger partial charge is 0.409 e. The molecule has 0 aromatic carbocycles. The van der Waals surface area contributed by atoms with Gasteiger partial charge in [0.2, 0.25) is 5.91 Å². The number of hydrogen-bond donors (Lipinski definition) is 3. The van der Waals surface area contributed by atoms with Gasteiger partial charge in [-0.3, -0.25) is 4.79 Å². The van der Waals surface area contributed by atoms with Crippen LogP contribution in [0.2, 0.25) is 0 Å². The van der Waals surface area contributed by atoms with Crippen LogP contribution in [0.15, 0.2) is 5.16 Å². The van der Waals surface area contributed by atoms with Gasteiger partial charge >= 0.3 is 0 Å². The number of amidine groups is 1. The van der Waals surface area contributed by atoms with E-state index in [-0.39, 0.29) is 17.2 Å². The van der Waals surface area contributed by atoms with Crippen LogP contribution in [0, 0.1) is 11.3 Å². The fourth-order valence-electron chi connectivity index (χ4n) is 1.66. The number of ether oxygens (including phenoxy) is 1. The Kier molecular flexibility index (Phi) is 4.74. The second-order valence-electron chi connectivity index (χ2n) is 4.71. The van der Waals surface area contributed by atoms with Gasteiger partial charge in [0, 0.05) is 20.3 Å². The lowest BCUT2D eigenvalue weighted by Gasteiger charge is -2.17. The number of nitrogens with two attached hydrogens (primary N) is 1. The summed E-state index contributed by atoms with van der Waals surface area (Å²) >= 11 is 0. The first-order valence-electron chi connectivity index (χ1n) is 5.79. The Morgan fingerprint density at radius 3 is 2.76 bits per heavy atom. The number of hydrogen-bond acceptors (Lipinski definition) is 4. The maximum Gasteiger partial charge on any atom is 0.230 e. The Morgan fingerprint density at radius 1 is 1.65 bits per heavy atom. The Balaban J connectivity index is 2.33. The molecule has 0 aliphatic heterocycles. The number of nitrogens with one attached hydrogen (secondary N) is 1. The Morgan fingerprint density at radius 2 is 2.29 bits per heavy atom.